The number of carbonyl (C=O) groups excluding carboxylic acids is 2. The fourth-order valence-corrected chi connectivity index (χ4v) is 11.5. The van der Waals surface area contributed by atoms with Gasteiger partial charge in [0, 0.05) is 125 Å². The van der Waals surface area contributed by atoms with Gasteiger partial charge in [0.1, 0.15) is 36.7 Å². The second kappa shape index (κ2) is 22.3. The van der Waals surface area contributed by atoms with Gasteiger partial charge in [-0.15, -0.1) is 10.2 Å². The van der Waals surface area contributed by atoms with E-state index in [9.17, 15) is 19.8 Å². The van der Waals surface area contributed by atoms with Crippen molar-refractivity contribution in [1.82, 2.24) is 49.9 Å². The highest BCUT2D eigenvalue weighted by atomic mass is 16.5. The number of β-amino-alcohol motifs (C(OH)–C–C–N with tert-alkyl or cyclic N) is 1. The van der Waals surface area contributed by atoms with Crippen LogP contribution in [0.1, 0.15) is 76.1 Å². The molecule has 396 valence electrons. The number of phenolic OH excluding ortho intramolecular Hbond substituents is 1. The number of aryl methyl sites for hydroxylation is 1. The minimum absolute atomic E-state index is 0.0462. The predicted octanol–water partition coefficient (Wildman–Crippen LogP) is 5.21. The van der Waals surface area contributed by atoms with Gasteiger partial charge in [-0.3, -0.25) is 19.4 Å². The number of imidazole rings is 1. The van der Waals surface area contributed by atoms with Gasteiger partial charge in [0.15, 0.2) is 11.6 Å². The molecule has 4 aromatic heterocycles. The van der Waals surface area contributed by atoms with Crippen molar-refractivity contribution >= 4 is 29.0 Å². The molecule has 20 nitrogen and oxygen atoms in total. The summed E-state index contributed by atoms with van der Waals surface area (Å²) in [5, 5.41) is 37.0. The molecule has 4 aliphatic rings. The van der Waals surface area contributed by atoms with Crippen molar-refractivity contribution in [3.63, 3.8) is 0 Å². The molecule has 4 fully saturated rings. The summed E-state index contributed by atoms with van der Waals surface area (Å²) in [4.78, 5) is 48.0. The van der Waals surface area contributed by atoms with Crippen molar-refractivity contribution in [3.05, 3.63) is 109 Å². The first-order chi connectivity index (χ1) is 36.3. The molecule has 2 unspecified atom stereocenters. The minimum atomic E-state index is -0.839. The van der Waals surface area contributed by atoms with Gasteiger partial charge >= 0.3 is 0 Å². The van der Waals surface area contributed by atoms with Gasteiger partial charge in [0.05, 0.1) is 23.5 Å². The Morgan fingerprint density at radius 2 is 1.63 bits per heavy atom. The third-order valence-electron chi connectivity index (χ3n) is 15.4. The van der Waals surface area contributed by atoms with E-state index in [0.29, 0.717) is 54.4 Å². The standard InChI is InChI=1S/C55H69N13O7/c1-34(2)52(55(72)67-33-43(69)27-47(67)54(71)59-36(4)38-10-12-39(13-11-38)66-19-18-57-37(66)5)49-29-51(62-75-49)74-25-23-64-21-20-63(30-35(64)3)22-24-73-50-26-40(16-17-58-50)68-41-14-15-42(68)32-65(31-41)46-28-45(60-61-53(46)56)44-8-6-7-9-48(44)70/h6-13,16-19,26,28-29,34-36,41-43,47,52,69-70H,14-15,20-25,27,30-33H2,1-5H3,(H2,56,61)(H,59,71)/t35-,36-,41?,42?,43+,47-,52+/m0/s1. The van der Waals surface area contributed by atoms with Crippen LogP contribution in [0.2, 0.25) is 0 Å². The largest absolute Gasteiger partial charge is 0.507 e. The van der Waals surface area contributed by atoms with Crippen LogP contribution in [0.5, 0.6) is 17.5 Å². The molecular weight excluding hydrogens is 955 g/mol. The van der Waals surface area contributed by atoms with Crippen LogP contribution in [0, 0.1) is 12.8 Å². The molecule has 2 bridgehead atoms. The highest BCUT2D eigenvalue weighted by molar-refractivity contribution is 5.91. The van der Waals surface area contributed by atoms with Crippen LogP contribution in [0.4, 0.5) is 17.2 Å². The molecule has 7 atom stereocenters. The van der Waals surface area contributed by atoms with E-state index < -0.39 is 18.1 Å². The lowest BCUT2D eigenvalue weighted by Gasteiger charge is -2.43. The van der Waals surface area contributed by atoms with E-state index in [1.54, 1.807) is 24.4 Å². The number of benzene rings is 2. The van der Waals surface area contributed by atoms with Crippen molar-refractivity contribution in [2.45, 2.75) is 96.1 Å². The number of aromatic hydroxyl groups is 1. The molecule has 2 aromatic carbocycles. The molecular formula is C55H69N13O7. The predicted molar refractivity (Wildman–Crippen MR) is 283 cm³/mol. The number of rotatable bonds is 18. The van der Waals surface area contributed by atoms with Gasteiger partial charge in [-0.1, -0.05) is 38.1 Å². The van der Waals surface area contributed by atoms with Crippen LogP contribution in [-0.2, 0) is 9.59 Å². The lowest BCUT2D eigenvalue weighted by Crippen LogP contribution is -2.54. The van der Waals surface area contributed by atoms with Crippen molar-refractivity contribution in [2.24, 2.45) is 5.92 Å². The minimum Gasteiger partial charge on any atom is -0.507 e. The summed E-state index contributed by atoms with van der Waals surface area (Å²) >= 11 is 0. The van der Waals surface area contributed by atoms with Crippen LogP contribution in [0.3, 0.4) is 0 Å². The lowest BCUT2D eigenvalue weighted by atomic mass is 9.91. The first-order valence-corrected chi connectivity index (χ1v) is 26.3. The molecule has 6 aromatic rings. The Morgan fingerprint density at radius 3 is 2.36 bits per heavy atom. The molecule has 20 heteroatoms. The number of pyridine rings is 1. The zero-order chi connectivity index (χ0) is 52.3. The Morgan fingerprint density at radius 1 is 0.867 bits per heavy atom. The SMILES string of the molecule is Cc1nccn1-c1ccc([C@H](C)NC(=O)[C@@H]2C[C@@H](O)CN2C(=O)[C@@H](c2cc(OCCN3CCN(CCOc4cc(N5C6CCC5CN(c5cc(-c7ccccc7O)nnc5N)C6)ccn4)C[C@@H]3C)no2)C(C)C)cc1. The number of anilines is 3. The second-order valence-corrected chi connectivity index (χ2v) is 20.8. The number of hydrogen-bond donors (Lipinski definition) is 4. The third kappa shape index (κ3) is 11.2. The Labute approximate surface area is 437 Å². The number of amides is 2. The maximum absolute atomic E-state index is 14.3. The Balaban J connectivity index is 0.666. The fourth-order valence-electron chi connectivity index (χ4n) is 11.5. The Hall–Kier alpha value is -7.29. The van der Waals surface area contributed by atoms with E-state index in [1.807, 2.05) is 87.1 Å². The second-order valence-electron chi connectivity index (χ2n) is 20.8. The van der Waals surface area contributed by atoms with E-state index in [1.165, 1.54) is 4.90 Å². The molecule has 0 spiro atoms. The maximum Gasteiger partial charge on any atom is 0.254 e. The number of aromatic nitrogens is 6. The number of fused-ring (bicyclic) bond motifs is 2. The zero-order valence-corrected chi connectivity index (χ0v) is 43.4. The number of nitrogens with one attached hydrogen (secondary N) is 1. The summed E-state index contributed by atoms with van der Waals surface area (Å²) in [6.45, 7) is 16.5. The number of nitrogen functional groups attached to an aromatic ring is 1. The highest BCUT2D eigenvalue weighted by Crippen LogP contribution is 2.40. The average Bonchev–Trinajstić information content (AvgIpc) is 4.20. The lowest BCUT2D eigenvalue weighted by molar-refractivity contribution is -0.141. The molecule has 4 saturated heterocycles. The number of ether oxygens (including phenoxy) is 2. The van der Waals surface area contributed by atoms with Gasteiger partial charge in [-0.25, -0.2) is 9.97 Å². The zero-order valence-electron chi connectivity index (χ0n) is 43.4. The number of likely N-dealkylation sites (tertiary alicyclic amines) is 1. The Kier molecular flexibility index (Phi) is 15.2. The monoisotopic (exact) mass is 1020 g/mol. The van der Waals surface area contributed by atoms with Gasteiger partial charge in [-0.05, 0) is 86.6 Å². The van der Waals surface area contributed by atoms with E-state index in [0.717, 1.165) is 80.6 Å². The van der Waals surface area contributed by atoms with Crippen molar-refractivity contribution in [3.8, 4) is 34.5 Å². The first kappa shape index (κ1) is 51.2. The molecule has 8 heterocycles. The molecule has 5 N–H and O–H groups in total. The van der Waals surface area contributed by atoms with Gasteiger partial charge in [0.2, 0.25) is 17.7 Å². The quantitative estimate of drug-likeness (QED) is 0.0866. The van der Waals surface area contributed by atoms with Crippen molar-refractivity contribution in [1.29, 1.82) is 0 Å². The van der Waals surface area contributed by atoms with Crippen LogP contribution in [-0.4, -0.2) is 162 Å². The van der Waals surface area contributed by atoms with E-state index in [2.05, 4.69) is 69.3 Å². The number of nitrogens with zero attached hydrogens (tertiary/aromatic N) is 11. The number of aliphatic hydroxyl groups is 1. The average molecular weight is 1020 g/mol. The van der Waals surface area contributed by atoms with Crippen molar-refractivity contribution < 1.29 is 33.8 Å². The molecule has 0 saturated carbocycles. The summed E-state index contributed by atoms with van der Waals surface area (Å²) in [5.41, 5.74) is 11.4. The number of aliphatic hydroxyl groups excluding tert-OH is 1. The third-order valence-corrected chi connectivity index (χ3v) is 15.4. The van der Waals surface area contributed by atoms with Crippen LogP contribution in [0.25, 0.3) is 16.9 Å². The van der Waals surface area contributed by atoms with Gasteiger partial charge in [0.25, 0.3) is 5.88 Å². The molecule has 2 amide bonds. The summed E-state index contributed by atoms with van der Waals surface area (Å²) in [6.07, 6.45) is 6.91. The summed E-state index contributed by atoms with van der Waals surface area (Å²) < 4.78 is 20.1. The van der Waals surface area contributed by atoms with Gasteiger partial charge in [-0.2, -0.15) is 0 Å². The van der Waals surface area contributed by atoms with Crippen LogP contribution in [0.15, 0.2) is 95.9 Å². The highest BCUT2D eigenvalue weighted by Gasteiger charge is 2.44. The van der Waals surface area contributed by atoms with E-state index in [-0.39, 0.29) is 60.6 Å². The summed E-state index contributed by atoms with van der Waals surface area (Å²) in [5.74, 6) is 1.14. The van der Waals surface area contributed by atoms with Gasteiger partial charge < -0.3 is 54.5 Å². The van der Waals surface area contributed by atoms with E-state index >= 15 is 0 Å². The summed E-state index contributed by atoms with van der Waals surface area (Å²) in [7, 11) is 0. The number of phenols is 1. The normalized spacial score (nSPS) is 21.9. The van der Waals surface area contributed by atoms with Crippen LogP contribution < -0.4 is 30.3 Å². The first-order valence-electron chi connectivity index (χ1n) is 26.3. The smallest absolute Gasteiger partial charge is 0.254 e. The Bertz CT molecular complexity index is 2920. The topological polar surface area (TPSA) is 230 Å². The van der Waals surface area contributed by atoms with Crippen molar-refractivity contribution in [2.75, 3.05) is 81.1 Å². The molecule has 0 radical (unpaired) electrons. The number of piperazine rings is 2. The number of para-hydroxylation sites is 1. The van der Waals surface area contributed by atoms with E-state index in [4.69, 9.17) is 19.7 Å². The summed E-state index contributed by atoms with van der Waals surface area (Å²) in [6, 6.07) is 22.4. The van der Waals surface area contributed by atoms with Crippen LogP contribution >= 0.6 is 0 Å². The molecule has 0 aliphatic carbocycles. The number of nitrogens with two attached hydrogens (primary N) is 1. The number of hydrogen-bond acceptors (Lipinski definition) is 17. The molecule has 75 heavy (non-hydrogen) atoms. The fraction of sp³-hybridized carbons (Fsp3) is 0.473. The molecule has 4 aliphatic heterocycles. The molecule has 10 rings (SSSR count). The number of carbonyl (C=O) groups is 2. The maximum atomic E-state index is 14.3.